The normalized spacial score (nSPS) is 24.3. The highest BCUT2D eigenvalue weighted by atomic mass is 35.5. The Labute approximate surface area is 132 Å². The highest BCUT2D eigenvalue weighted by Crippen LogP contribution is 2.22. The molecule has 0 aliphatic heterocycles. The van der Waals surface area contributed by atoms with E-state index in [-0.39, 0.29) is 0 Å². The molecule has 3 unspecified atom stereocenters. The Balaban J connectivity index is 1.69. The van der Waals surface area contributed by atoms with Crippen LogP contribution in [-0.4, -0.2) is 30.4 Å². The van der Waals surface area contributed by atoms with E-state index in [0.717, 1.165) is 5.75 Å². The van der Waals surface area contributed by atoms with Crippen LogP contribution in [0.3, 0.4) is 0 Å². The van der Waals surface area contributed by atoms with Crippen LogP contribution in [0.1, 0.15) is 39.0 Å². The van der Waals surface area contributed by atoms with Gasteiger partial charge in [-0.15, -0.1) is 0 Å². The van der Waals surface area contributed by atoms with Gasteiger partial charge in [0, 0.05) is 17.6 Å². The van der Waals surface area contributed by atoms with Crippen LogP contribution in [0, 0.1) is 5.92 Å². The Morgan fingerprint density at radius 3 is 2.71 bits per heavy atom. The van der Waals surface area contributed by atoms with E-state index in [0.29, 0.717) is 30.1 Å². The van der Waals surface area contributed by atoms with Crippen LogP contribution in [0.5, 0.6) is 5.75 Å². The Hall–Kier alpha value is -0.770. The van der Waals surface area contributed by atoms with Crippen LogP contribution in [0.15, 0.2) is 24.3 Å². The van der Waals surface area contributed by atoms with Crippen LogP contribution in [0.25, 0.3) is 0 Å². The van der Waals surface area contributed by atoms with Crippen LogP contribution < -0.4 is 10.1 Å². The zero-order valence-corrected chi connectivity index (χ0v) is 13.5. The summed E-state index contributed by atoms with van der Waals surface area (Å²) in [6.07, 6.45) is 5.98. The van der Waals surface area contributed by atoms with Crippen molar-refractivity contribution in [2.75, 3.05) is 13.2 Å². The second kappa shape index (κ2) is 8.62. The Bertz CT molecular complexity index is 410. The SMILES string of the molecule is CC1CCCCCC1NCC(O)COc1ccc(Cl)cc1. The van der Waals surface area contributed by atoms with E-state index in [1.165, 1.54) is 32.1 Å². The first-order valence-corrected chi connectivity index (χ1v) is 8.33. The van der Waals surface area contributed by atoms with Crippen molar-refractivity contribution in [3.05, 3.63) is 29.3 Å². The molecule has 4 heteroatoms. The van der Waals surface area contributed by atoms with Gasteiger partial charge in [-0.05, 0) is 43.0 Å². The number of benzene rings is 1. The van der Waals surface area contributed by atoms with Crippen molar-refractivity contribution in [3.63, 3.8) is 0 Å². The van der Waals surface area contributed by atoms with Gasteiger partial charge in [0.1, 0.15) is 18.5 Å². The minimum atomic E-state index is -0.490. The van der Waals surface area contributed by atoms with Crippen molar-refractivity contribution in [2.45, 2.75) is 51.2 Å². The molecule has 0 saturated heterocycles. The van der Waals surface area contributed by atoms with Gasteiger partial charge in [-0.2, -0.15) is 0 Å². The number of rotatable bonds is 6. The minimum Gasteiger partial charge on any atom is -0.491 e. The zero-order chi connectivity index (χ0) is 15.1. The molecular weight excluding hydrogens is 286 g/mol. The van der Waals surface area contributed by atoms with Gasteiger partial charge in [0.05, 0.1) is 0 Å². The molecule has 0 aromatic heterocycles. The second-order valence-corrected chi connectivity index (χ2v) is 6.49. The summed E-state index contributed by atoms with van der Waals surface area (Å²) in [6, 6.07) is 7.73. The number of hydrogen-bond donors (Lipinski definition) is 2. The molecule has 1 aliphatic carbocycles. The predicted octanol–water partition coefficient (Wildman–Crippen LogP) is 3.64. The van der Waals surface area contributed by atoms with Crippen LogP contribution >= 0.6 is 11.6 Å². The van der Waals surface area contributed by atoms with Gasteiger partial charge in [-0.1, -0.05) is 37.8 Å². The second-order valence-electron chi connectivity index (χ2n) is 6.05. The summed E-state index contributed by atoms with van der Waals surface area (Å²) in [5, 5.41) is 14.2. The summed E-state index contributed by atoms with van der Waals surface area (Å²) >= 11 is 5.82. The average Bonchev–Trinajstić information content (AvgIpc) is 2.69. The van der Waals surface area contributed by atoms with Crippen molar-refractivity contribution in [1.82, 2.24) is 5.32 Å². The molecule has 0 bridgehead atoms. The van der Waals surface area contributed by atoms with Gasteiger partial charge in [-0.3, -0.25) is 0 Å². The molecule has 1 aromatic rings. The highest BCUT2D eigenvalue weighted by Gasteiger charge is 2.20. The third kappa shape index (κ3) is 5.85. The largest absolute Gasteiger partial charge is 0.491 e. The molecule has 0 spiro atoms. The van der Waals surface area contributed by atoms with Gasteiger partial charge < -0.3 is 15.2 Å². The molecule has 1 saturated carbocycles. The first kappa shape index (κ1) is 16.6. The molecule has 0 heterocycles. The van der Waals surface area contributed by atoms with E-state index >= 15 is 0 Å². The molecule has 2 rings (SSSR count). The van der Waals surface area contributed by atoms with Crippen molar-refractivity contribution in [2.24, 2.45) is 5.92 Å². The van der Waals surface area contributed by atoms with E-state index in [1.54, 1.807) is 12.1 Å². The lowest BCUT2D eigenvalue weighted by atomic mass is 9.97. The molecule has 3 nitrogen and oxygen atoms in total. The molecule has 1 aliphatic rings. The van der Waals surface area contributed by atoms with Gasteiger partial charge in [0.15, 0.2) is 0 Å². The van der Waals surface area contributed by atoms with Crippen molar-refractivity contribution < 1.29 is 9.84 Å². The number of ether oxygens (including phenoxy) is 1. The van der Waals surface area contributed by atoms with E-state index in [9.17, 15) is 5.11 Å². The summed E-state index contributed by atoms with van der Waals surface area (Å²) in [6.45, 7) is 3.19. The van der Waals surface area contributed by atoms with E-state index < -0.39 is 6.10 Å². The maximum Gasteiger partial charge on any atom is 0.119 e. The summed E-state index contributed by atoms with van der Waals surface area (Å²) in [7, 11) is 0. The fraction of sp³-hybridized carbons (Fsp3) is 0.647. The van der Waals surface area contributed by atoms with Crippen molar-refractivity contribution in [1.29, 1.82) is 0 Å². The standard InChI is InChI=1S/C17H26ClNO2/c1-13-5-3-2-4-6-17(13)19-11-15(20)12-21-16-9-7-14(18)8-10-16/h7-10,13,15,17,19-20H,2-6,11-12H2,1H3. The summed E-state index contributed by atoms with van der Waals surface area (Å²) in [4.78, 5) is 0. The molecule has 1 aromatic carbocycles. The molecule has 118 valence electrons. The maximum absolute atomic E-state index is 10.0. The topological polar surface area (TPSA) is 41.5 Å². The zero-order valence-electron chi connectivity index (χ0n) is 12.7. The molecule has 0 amide bonds. The lowest BCUT2D eigenvalue weighted by molar-refractivity contribution is 0.101. The number of aliphatic hydroxyl groups excluding tert-OH is 1. The van der Waals surface area contributed by atoms with Gasteiger partial charge >= 0.3 is 0 Å². The Morgan fingerprint density at radius 2 is 1.95 bits per heavy atom. The molecule has 0 radical (unpaired) electrons. The molecule has 3 atom stereocenters. The smallest absolute Gasteiger partial charge is 0.119 e. The third-order valence-electron chi connectivity index (χ3n) is 4.23. The number of aliphatic hydroxyl groups is 1. The predicted molar refractivity (Wildman–Crippen MR) is 87.0 cm³/mol. The quantitative estimate of drug-likeness (QED) is 0.788. The molecule has 21 heavy (non-hydrogen) atoms. The van der Waals surface area contributed by atoms with E-state index in [1.807, 2.05) is 12.1 Å². The lowest BCUT2D eigenvalue weighted by Gasteiger charge is -2.24. The maximum atomic E-state index is 10.0. The minimum absolute atomic E-state index is 0.301. The van der Waals surface area contributed by atoms with Gasteiger partial charge in [0.2, 0.25) is 0 Å². The Kier molecular flexibility index (Phi) is 6.81. The lowest BCUT2D eigenvalue weighted by Crippen LogP contribution is -2.40. The first-order valence-electron chi connectivity index (χ1n) is 7.95. The Morgan fingerprint density at radius 1 is 1.24 bits per heavy atom. The van der Waals surface area contributed by atoms with Crippen LogP contribution in [0.4, 0.5) is 0 Å². The third-order valence-corrected chi connectivity index (χ3v) is 4.49. The van der Waals surface area contributed by atoms with Gasteiger partial charge in [0.25, 0.3) is 0 Å². The monoisotopic (exact) mass is 311 g/mol. The fourth-order valence-corrected chi connectivity index (χ4v) is 2.99. The average molecular weight is 312 g/mol. The number of hydrogen-bond acceptors (Lipinski definition) is 3. The molecular formula is C17H26ClNO2. The van der Waals surface area contributed by atoms with Gasteiger partial charge in [-0.25, -0.2) is 0 Å². The van der Waals surface area contributed by atoms with Crippen molar-refractivity contribution >= 4 is 11.6 Å². The number of halogens is 1. The van der Waals surface area contributed by atoms with Crippen molar-refractivity contribution in [3.8, 4) is 5.75 Å². The number of nitrogens with one attached hydrogen (secondary N) is 1. The summed E-state index contributed by atoms with van der Waals surface area (Å²) in [5.74, 6) is 1.43. The van der Waals surface area contributed by atoms with Crippen LogP contribution in [-0.2, 0) is 0 Å². The van der Waals surface area contributed by atoms with E-state index in [4.69, 9.17) is 16.3 Å². The molecule has 2 N–H and O–H groups in total. The summed E-state index contributed by atoms with van der Waals surface area (Å²) in [5.41, 5.74) is 0. The molecule has 1 fully saturated rings. The van der Waals surface area contributed by atoms with E-state index in [2.05, 4.69) is 12.2 Å². The summed E-state index contributed by atoms with van der Waals surface area (Å²) < 4.78 is 5.57. The first-order chi connectivity index (χ1) is 10.1. The van der Waals surface area contributed by atoms with Crippen LogP contribution in [0.2, 0.25) is 5.02 Å². The highest BCUT2D eigenvalue weighted by molar-refractivity contribution is 6.30. The fourth-order valence-electron chi connectivity index (χ4n) is 2.87.